The Hall–Kier alpha value is -1.92. The van der Waals surface area contributed by atoms with Crippen LogP contribution in [0.4, 0.5) is 0 Å². The largest absolute Gasteiger partial charge is 0.335 e. The fourth-order valence-electron chi connectivity index (χ4n) is 1.72. The summed E-state index contributed by atoms with van der Waals surface area (Å²) in [5.41, 5.74) is 0. The average molecular weight is 308 g/mol. The van der Waals surface area contributed by atoms with Crippen molar-refractivity contribution in [1.82, 2.24) is 9.62 Å². The Kier molecular flexibility index (Phi) is 6.84. The van der Waals surface area contributed by atoms with E-state index >= 15 is 0 Å². The van der Waals surface area contributed by atoms with Gasteiger partial charge in [-0.1, -0.05) is 30.4 Å². The molecular weight excluding hydrogens is 288 g/mol. The Morgan fingerprint density at radius 1 is 1.14 bits per heavy atom. The van der Waals surface area contributed by atoms with E-state index in [-0.39, 0.29) is 23.8 Å². The summed E-state index contributed by atoms with van der Waals surface area (Å²) in [5.74, 6) is -0.148. The topological polar surface area (TPSA) is 66.5 Å². The van der Waals surface area contributed by atoms with Crippen LogP contribution in [0.2, 0.25) is 0 Å². The van der Waals surface area contributed by atoms with Gasteiger partial charge in [0.1, 0.15) is 0 Å². The van der Waals surface area contributed by atoms with Crippen LogP contribution in [-0.4, -0.2) is 38.9 Å². The number of benzene rings is 1. The number of nitrogens with one attached hydrogen (secondary N) is 1. The van der Waals surface area contributed by atoms with Gasteiger partial charge in [0.2, 0.25) is 15.9 Å². The minimum absolute atomic E-state index is 0.0564. The monoisotopic (exact) mass is 308 g/mol. The number of nitrogens with zero attached hydrogens (tertiary/aromatic N) is 1. The van der Waals surface area contributed by atoms with Crippen LogP contribution >= 0.6 is 0 Å². The maximum atomic E-state index is 12.0. The molecule has 1 aromatic rings. The van der Waals surface area contributed by atoms with Gasteiger partial charge in [-0.15, -0.1) is 13.2 Å². The van der Waals surface area contributed by atoms with Crippen LogP contribution in [0.25, 0.3) is 0 Å². The molecule has 0 heterocycles. The third kappa shape index (κ3) is 5.53. The fraction of sp³-hybridized carbons (Fsp3) is 0.267. The van der Waals surface area contributed by atoms with Gasteiger partial charge in [0.05, 0.1) is 4.90 Å². The van der Waals surface area contributed by atoms with Gasteiger partial charge in [-0.05, 0) is 12.1 Å². The predicted molar refractivity (Wildman–Crippen MR) is 83.2 cm³/mol. The lowest BCUT2D eigenvalue weighted by Crippen LogP contribution is -2.34. The van der Waals surface area contributed by atoms with Crippen molar-refractivity contribution in [3.63, 3.8) is 0 Å². The lowest BCUT2D eigenvalue weighted by molar-refractivity contribution is -0.130. The summed E-state index contributed by atoms with van der Waals surface area (Å²) < 4.78 is 26.4. The number of carbonyl (C=O) groups excluding carboxylic acids is 1. The zero-order valence-corrected chi connectivity index (χ0v) is 12.7. The second-order valence-corrected chi connectivity index (χ2v) is 6.10. The summed E-state index contributed by atoms with van der Waals surface area (Å²) in [6, 6.07) is 8.05. The Morgan fingerprint density at radius 3 is 2.24 bits per heavy atom. The van der Waals surface area contributed by atoms with Crippen molar-refractivity contribution in [1.29, 1.82) is 0 Å². The third-order valence-corrected chi connectivity index (χ3v) is 4.21. The van der Waals surface area contributed by atoms with Gasteiger partial charge in [0.15, 0.2) is 0 Å². The molecule has 21 heavy (non-hydrogen) atoms. The van der Waals surface area contributed by atoms with Gasteiger partial charge in [-0.25, -0.2) is 13.1 Å². The summed E-state index contributed by atoms with van der Waals surface area (Å²) in [4.78, 5) is 13.7. The molecule has 0 spiro atoms. The SMILES string of the molecule is C=CCN(CC=C)C(=O)CCNS(=O)(=O)c1ccccc1. The molecule has 5 nitrogen and oxygen atoms in total. The molecule has 0 aromatic heterocycles. The smallest absolute Gasteiger partial charge is 0.240 e. The molecule has 0 aliphatic heterocycles. The van der Waals surface area contributed by atoms with Crippen molar-refractivity contribution in [3.05, 3.63) is 55.6 Å². The summed E-state index contributed by atoms with van der Waals surface area (Å²) in [5, 5.41) is 0. The molecule has 114 valence electrons. The van der Waals surface area contributed by atoms with E-state index in [1.165, 1.54) is 12.1 Å². The van der Waals surface area contributed by atoms with Crippen LogP contribution < -0.4 is 4.72 Å². The second-order valence-electron chi connectivity index (χ2n) is 4.34. The molecule has 0 bridgehead atoms. The van der Waals surface area contributed by atoms with Gasteiger partial charge in [0.25, 0.3) is 0 Å². The zero-order chi connectivity index (χ0) is 15.7. The summed E-state index contributed by atoms with van der Waals surface area (Å²) in [7, 11) is -3.57. The van der Waals surface area contributed by atoms with Crippen LogP contribution in [-0.2, 0) is 14.8 Å². The van der Waals surface area contributed by atoms with Crippen molar-refractivity contribution in [3.8, 4) is 0 Å². The van der Waals surface area contributed by atoms with Crippen LogP contribution in [0, 0.1) is 0 Å². The third-order valence-electron chi connectivity index (χ3n) is 2.74. The number of sulfonamides is 1. The van der Waals surface area contributed by atoms with Gasteiger partial charge in [0, 0.05) is 26.1 Å². The van der Waals surface area contributed by atoms with E-state index in [0.29, 0.717) is 13.1 Å². The van der Waals surface area contributed by atoms with Gasteiger partial charge < -0.3 is 4.90 Å². The number of amides is 1. The standard InChI is InChI=1S/C15H20N2O3S/c1-3-12-17(13-4-2)15(18)10-11-16-21(19,20)14-8-6-5-7-9-14/h3-9,16H,1-2,10-13H2. The molecule has 0 saturated heterocycles. The lowest BCUT2D eigenvalue weighted by Gasteiger charge is -2.19. The van der Waals surface area contributed by atoms with Gasteiger partial charge >= 0.3 is 0 Å². The molecule has 1 amide bonds. The summed E-state index contributed by atoms with van der Waals surface area (Å²) in [6.07, 6.45) is 3.33. The van der Waals surface area contributed by atoms with Gasteiger partial charge in [-0.2, -0.15) is 0 Å². The molecule has 1 N–H and O–H groups in total. The Morgan fingerprint density at radius 2 is 1.71 bits per heavy atom. The normalized spacial score (nSPS) is 10.9. The highest BCUT2D eigenvalue weighted by Gasteiger charge is 2.15. The quantitative estimate of drug-likeness (QED) is 0.704. The van der Waals surface area contributed by atoms with Crippen molar-refractivity contribution < 1.29 is 13.2 Å². The van der Waals surface area contributed by atoms with E-state index < -0.39 is 10.0 Å². The maximum absolute atomic E-state index is 12.0. The second kappa shape index (κ2) is 8.39. The highest BCUT2D eigenvalue weighted by atomic mass is 32.2. The van der Waals surface area contributed by atoms with Crippen molar-refractivity contribution in [2.45, 2.75) is 11.3 Å². The molecule has 0 aliphatic rings. The van der Waals surface area contributed by atoms with Crippen LogP contribution in [0.3, 0.4) is 0 Å². The highest BCUT2D eigenvalue weighted by Crippen LogP contribution is 2.07. The minimum Gasteiger partial charge on any atom is -0.335 e. The van der Waals surface area contributed by atoms with E-state index in [2.05, 4.69) is 17.9 Å². The van der Waals surface area contributed by atoms with E-state index in [4.69, 9.17) is 0 Å². The molecule has 6 heteroatoms. The number of hydrogen-bond donors (Lipinski definition) is 1. The summed E-state index contributed by atoms with van der Waals surface area (Å²) in [6.45, 7) is 8.05. The maximum Gasteiger partial charge on any atom is 0.240 e. The Balaban J connectivity index is 2.54. The molecule has 0 saturated carbocycles. The fourth-order valence-corrected chi connectivity index (χ4v) is 2.78. The zero-order valence-electron chi connectivity index (χ0n) is 11.9. The molecule has 0 radical (unpaired) electrons. The molecule has 1 aromatic carbocycles. The molecule has 0 unspecified atom stereocenters. The van der Waals surface area contributed by atoms with Crippen molar-refractivity contribution in [2.24, 2.45) is 0 Å². The average Bonchev–Trinajstić information content (AvgIpc) is 2.47. The number of carbonyl (C=O) groups is 1. The van der Waals surface area contributed by atoms with Crippen LogP contribution in [0.1, 0.15) is 6.42 Å². The first-order valence-corrected chi connectivity index (χ1v) is 8.04. The van der Waals surface area contributed by atoms with E-state index in [9.17, 15) is 13.2 Å². The molecule has 1 rings (SSSR count). The molecule has 0 aliphatic carbocycles. The Labute approximate surface area is 126 Å². The first-order valence-electron chi connectivity index (χ1n) is 6.55. The lowest BCUT2D eigenvalue weighted by atomic mass is 10.3. The molecular formula is C15H20N2O3S. The van der Waals surface area contributed by atoms with Crippen molar-refractivity contribution >= 4 is 15.9 Å². The number of hydrogen-bond acceptors (Lipinski definition) is 3. The van der Waals surface area contributed by atoms with E-state index in [1.807, 2.05) is 0 Å². The molecule has 0 fully saturated rings. The van der Waals surface area contributed by atoms with Crippen molar-refractivity contribution in [2.75, 3.05) is 19.6 Å². The van der Waals surface area contributed by atoms with Crippen LogP contribution in [0.15, 0.2) is 60.5 Å². The van der Waals surface area contributed by atoms with Crippen LogP contribution in [0.5, 0.6) is 0 Å². The van der Waals surface area contributed by atoms with E-state index in [0.717, 1.165) is 0 Å². The Bertz CT molecular complexity index is 572. The van der Waals surface area contributed by atoms with E-state index in [1.54, 1.807) is 35.3 Å². The number of rotatable bonds is 9. The first kappa shape index (κ1) is 17.1. The summed E-state index contributed by atoms with van der Waals surface area (Å²) >= 11 is 0. The van der Waals surface area contributed by atoms with Gasteiger partial charge in [-0.3, -0.25) is 4.79 Å². The first-order chi connectivity index (χ1) is 10.0. The highest BCUT2D eigenvalue weighted by molar-refractivity contribution is 7.89. The predicted octanol–water partition coefficient (Wildman–Crippen LogP) is 1.56. The minimum atomic E-state index is -3.57. The molecule has 0 atom stereocenters.